The highest BCUT2D eigenvalue weighted by Crippen LogP contribution is 2.23. The lowest BCUT2D eigenvalue weighted by atomic mass is 10.0. The number of amides is 1. The summed E-state index contributed by atoms with van der Waals surface area (Å²) >= 11 is 0. The zero-order valence-corrected chi connectivity index (χ0v) is 13.6. The standard InChI is InChI=1S/C17H29N3O2/c1-2-7-19-8-3-4-16(19)17(21)20-9-5-15(6-10-20)18-11-13-22-14-12-18/h2,15-16H,1,3-14H2/t16-/m0/s1. The molecule has 0 aromatic carbocycles. The van der Waals surface area contributed by atoms with Crippen LogP contribution < -0.4 is 0 Å². The first-order valence-electron chi connectivity index (χ1n) is 8.75. The third-order valence-electron chi connectivity index (χ3n) is 5.35. The normalized spacial score (nSPS) is 28.9. The van der Waals surface area contributed by atoms with E-state index >= 15 is 0 Å². The molecule has 3 aliphatic heterocycles. The van der Waals surface area contributed by atoms with Gasteiger partial charge in [0.1, 0.15) is 0 Å². The summed E-state index contributed by atoms with van der Waals surface area (Å²) < 4.78 is 5.43. The van der Waals surface area contributed by atoms with E-state index in [1.54, 1.807) is 0 Å². The SMILES string of the molecule is C=CCN1CCC[C@H]1C(=O)N1CCC(N2CCOCC2)CC1. The average Bonchev–Trinajstić information content (AvgIpc) is 3.04. The van der Waals surface area contributed by atoms with Gasteiger partial charge in [0.15, 0.2) is 0 Å². The predicted molar refractivity (Wildman–Crippen MR) is 86.8 cm³/mol. The van der Waals surface area contributed by atoms with E-state index in [0.29, 0.717) is 11.9 Å². The van der Waals surface area contributed by atoms with Gasteiger partial charge in [0.2, 0.25) is 5.91 Å². The maximum Gasteiger partial charge on any atom is 0.239 e. The molecule has 5 nitrogen and oxygen atoms in total. The van der Waals surface area contributed by atoms with E-state index in [1.165, 1.54) is 0 Å². The van der Waals surface area contributed by atoms with E-state index < -0.39 is 0 Å². The number of morpholine rings is 1. The van der Waals surface area contributed by atoms with Crippen molar-refractivity contribution >= 4 is 5.91 Å². The van der Waals surface area contributed by atoms with E-state index in [9.17, 15) is 4.79 Å². The summed E-state index contributed by atoms with van der Waals surface area (Å²) in [5, 5.41) is 0. The van der Waals surface area contributed by atoms with Crippen LogP contribution in [-0.4, -0.2) is 85.2 Å². The van der Waals surface area contributed by atoms with E-state index in [-0.39, 0.29) is 6.04 Å². The maximum absolute atomic E-state index is 12.8. The van der Waals surface area contributed by atoms with Gasteiger partial charge in [0.25, 0.3) is 0 Å². The highest BCUT2D eigenvalue weighted by molar-refractivity contribution is 5.82. The van der Waals surface area contributed by atoms with Crippen LogP contribution in [0.5, 0.6) is 0 Å². The summed E-state index contributed by atoms with van der Waals surface area (Å²) in [4.78, 5) is 19.7. The van der Waals surface area contributed by atoms with Crippen molar-refractivity contribution in [3.63, 3.8) is 0 Å². The number of carbonyl (C=O) groups is 1. The third kappa shape index (κ3) is 3.53. The van der Waals surface area contributed by atoms with Gasteiger partial charge in [-0.3, -0.25) is 14.6 Å². The van der Waals surface area contributed by atoms with Gasteiger partial charge in [0, 0.05) is 38.8 Å². The number of piperidine rings is 1. The Kier molecular flexibility index (Phi) is 5.50. The molecule has 22 heavy (non-hydrogen) atoms. The molecule has 0 unspecified atom stereocenters. The smallest absolute Gasteiger partial charge is 0.239 e. The van der Waals surface area contributed by atoms with Crippen molar-refractivity contribution in [3.05, 3.63) is 12.7 Å². The first kappa shape index (κ1) is 16.0. The summed E-state index contributed by atoms with van der Waals surface area (Å²) in [6.45, 7) is 11.3. The molecule has 0 N–H and O–H groups in total. The van der Waals surface area contributed by atoms with Crippen molar-refractivity contribution in [3.8, 4) is 0 Å². The lowest BCUT2D eigenvalue weighted by Gasteiger charge is -2.41. The third-order valence-corrected chi connectivity index (χ3v) is 5.35. The van der Waals surface area contributed by atoms with Crippen molar-refractivity contribution < 1.29 is 9.53 Å². The van der Waals surface area contributed by atoms with Crippen molar-refractivity contribution in [2.75, 3.05) is 52.5 Å². The molecule has 3 aliphatic rings. The van der Waals surface area contributed by atoms with Crippen molar-refractivity contribution in [1.82, 2.24) is 14.7 Å². The van der Waals surface area contributed by atoms with Crippen LogP contribution in [-0.2, 0) is 9.53 Å². The van der Waals surface area contributed by atoms with Crippen LogP contribution >= 0.6 is 0 Å². The van der Waals surface area contributed by atoms with Crippen LogP contribution in [0.2, 0.25) is 0 Å². The number of hydrogen-bond acceptors (Lipinski definition) is 4. The lowest BCUT2D eigenvalue weighted by molar-refractivity contribution is -0.137. The summed E-state index contributed by atoms with van der Waals surface area (Å²) in [6, 6.07) is 0.735. The van der Waals surface area contributed by atoms with Gasteiger partial charge < -0.3 is 9.64 Å². The minimum atomic E-state index is 0.0953. The molecule has 0 aromatic heterocycles. The highest BCUT2D eigenvalue weighted by Gasteiger charge is 2.35. The molecule has 5 heteroatoms. The Bertz CT molecular complexity index is 387. The Hall–Kier alpha value is -0.910. The van der Waals surface area contributed by atoms with Gasteiger partial charge in [-0.2, -0.15) is 0 Å². The topological polar surface area (TPSA) is 36.0 Å². The Morgan fingerprint density at radius 2 is 1.82 bits per heavy atom. The number of rotatable bonds is 4. The second kappa shape index (κ2) is 7.57. The fraction of sp³-hybridized carbons (Fsp3) is 0.824. The molecule has 3 heterocycles. The van der Waals surface area contributed by atoms with E-state index in [0.717, 1.165) is 78.2 Å². The largest absolute Gasteiger partial charge is 0.379 e. The van der Waals surface area contributed by atoms with E-state index in [4.69, 9.17) is 4.74 Å². The number of hydrogen-bond donors (Lipinski definition) is 0. The molecule has 3 fully saturated rings. The zero-order chi connectivity index (χ0) is 15.4. The monoisotopic (exact) mass is 307 g/mol. The summed E-state index contributed by atoms with van der Waals surface area (Å²) in [5.41, 5.74) is 0. The predicted octanol–water partition coefficient (Wildman–Crippen LogP) is 0.960. The number of nitrogens with zero attached hydrogens (tertiary/aromatic N) is 3. The highest BCUT2D eigenvalue weighted by atomic mass is 16.5. The summed E-state index contributed by atoms with van der Waals surface area (Å²) in [5.74, 6) is 0.347. The Labute approximate surface area is 133 Å². The van der Waals surface area contributed by atoms with Crippen LogP contribution in [0.4, 0.5) is 0 Å². The van der Waals surface area contributed by atoms with Crippen LogP contribution in [0.15, 0.2) is 12.7 Å². The van der Waals surface area contributed by atoms with Crippen LogP contribution in [0.3, 0.4) is 0 Å². The maximum atomic E-state index is 12.8. The first-order chi connectivity index (χ1) is 10.8. The second-order valence-corrected chi connectivity index (χ2v) is 6.65. The van der Waals surface area contributed by atoms with Gasteiger partial charge in [-0.1, -0.05) is 6.08 Å². The Morgan fingerprint density at radius 3 is 2.50 bits per heavy atom. The quantitative estimate of drug-likeness (QED) is 0.725. The molecule has 0 saturated carbocycles. The van der Waals surface area contributed by atoms with Crippen LogP contribution in [0.1, 0.15) is 25.7 Å². The molecule has 0 bridgehead atoms. The van der Waals surface area contributed by atoms with E-state index in [2.05, 4.69) is 21.3 Å². The second-order valence-electron chi connectivity index (χ2n) is 6.65. The molecule has 0 aromatic rings. The van der Waals surface area contributed by atoms with Gasteiger partial charge in [-0.25, -0.2) is 0 Å². The molecule has 1 amide bonds. The van der Waals surface area contributed by atoms with Gasteiger partial charge in [0.05, 0.1) is 19.3 Å². The Balaban J connectivity index is 1.50. The first-order valence-corrected chi connectivity index (χ1v) is 8.75. The fourth-order valence-corrected chi connectivity index (χ4v) is 4.09. The lowest BCUT2D eigenvalue weighted by Crippen LogP contribution is -2.53. The van der Waals surface area contributed by atoms with Crippen molar-refractivity contribution in [2.24, 2.45) is 0 Å². The zero-order valence-electron chi connectivity index (χ0n) is 13.6. The van der Waals surface area contributed by atoms with E-state index in [1.807, 2.05) is 6.08 Å². The number of likely N-dealkylation sites (tertiary alicyclic amines) is 2. The molecule has 1 atom stereocenters. The summed E-state index contributed by atoms with van der Waals surface area (Å²) in [6.07, 6.45) is 6.28. The van der Waals surface area contributed by atoms with Crippen LogP contribution in [0.25, 0.3) is 0 Å². The summed E-state index contributed by atoms with van der Waals surface area (Å²) in [7, 11) is 0. The number of carbonyl (C=O) groups excluding carboxylic acids is 1. The molecule has 124 valence electrons. The molecule has 0 radical (unpaired) electrons. The van der Waals surface area contributed by atoms with Gasteiger partial charge in [-0.05, 0) is 32.2 Å². The van der Waals surface area contributed by atoms with Gasteiger partial charge in [-0.15, -0.1) is 6.58 Å². The van der Waals surface area contributed by atoms with Crippen molar-refractivity contribution in [2.45, 2.75) is 37.8 Å². The molecule has 3 rings (SSSR count). The van der Waals surface area contributed by atoms with Gasteiger partial charge >= 0.3 is 0 Å². The minimum absolute atomic E-state index is 0.0953. The van der Waals surface area contributed by atoms with Crippen LogP contribution in [0, 0.1) is 0 Å². The molecular weight excluding hydrogens is 278 g/mol. The Morgan fingerprint density at radius 1 is 1.09 bits per heavy atom. The fourth-order valence-electron chi connectivity index (χ4n) is 4.09. The molecule has 3 saturated heterocycles. The molecule has 0 spiro atoms. The van der Waals surface area contributed by atoms with Crippen molar-refractivity contribution in [1.29, 1.82) is 0 Å². The molecule has 0 aliphatic carbocycles. The minimum Gasteiger partial charge on any atom is -0.379 e. The number of ether oxygens (including phenoxy) is 1. The average molecular weight is 307 g/mol. The molecular formula is C17H29N3O2.